The Labute approximate surface area is 71.2 Å². The van der Waals surface area contributed by atoms with Gasteiger partial charge in [-0.25, -0.2) is 0 Å². The molecule has 2 N–H and O–H groups in total. The van der Waals surface area contributed by atoms with Gasteiger partial charge in [-0.2, -0.15) is 0 Å². The first kappa shape index (κ1) is 7.17. The van der Waals surface area contributed by atoms with Crippen LogP contribution in [0.1, 0.15) is 36.5 Å². The lowest BCUT2D eigenvalue weighted by Crippen LogP contribution is -1.85. The molecule has 0 amide bonds. The summed E-state index contributed by atoms with van der Waals surface area (Å²) in [6, 6.07) is 4.22. The topological polar surface area (TPSA) is 26.0 Å². The van der Waals surface area contributed by atoms with Crippen molar-refractivity contribution in [1.82, 2.24) is 0 Å². The van der Waals surface area contributed by atoms with Gasteiger partial charge in [0.2, 0.25) is 0 Å². The Kier molecular flexibility index (Phi) is 1.86. The molecule has 0 aromatic carbocycles. The SMILES string of the molecule is Nc1ccc(C2CCCC2)s1. The molecular weight excluding hydrogens is 154 g/mol. The average Bonchev–Trinajstić information content (AvgIpc) is 2.55. The van der Waals surface area contributed by atoms with E-state index in [1.807, 2.05) is 6.07 Å². The van der Waals surface area contributed by atoms with E-state index in [1.165, 1.54) is 30.6 Å². The Hall–Kier alpha value is -0.500. The van der Waals surface area contributed by atoms with Crippen LogP contribution < -0.4 is 5.73 Å². The molecule has 0 bridgehead atoms. The van der Waals surface area contributed by atoms with Gasteiger partial charge >= 0.3 is 0 Å². The number of hydrogen-bond acceptors (Lipinski definition) is 2. The fourth-order valence-corrected chi connectivity index (χ4v) is 2.74. The summed E-state index contributed by atoms with van der Waals surface area (Å²) in [5.74, 6) is 0.831. The lowest BCUT2D eigenvalue weighted by Gasteiger charge is -2.03. The Balaban J connectivity index is 2.15. The summed E-state index contributed by atoms with van der Waals surface area (Å²) in [6.07, 6.45) is 5.56. The predicted octanol–water partition coefficient (Wildman–Crippen LogP) is 2.99. The molecule has 11 heavy (non-hydrogen) atoms. The molecule has 2 rings (SSSR count). The Morgan fingerprint density at radius 2 is 2.00 bits per heavy atom. The molecule has 0 atom stereocenters. The van der Waals surface area contributed by atoms with Crippen LogP contribution in [0.5, 0.6) is 0 Å². The maximum absolute atomic E-state index is 5.66. The zero-order valence-electron chi connectivity index (χ0n) is 6.55. The Morgan fingerprint density at radius 3 is 2.55 bits per heavy atom. The maximum atomic E-state index is 5.66. The number of nitrogens with two attached hydrogens (primary N) is 1. The van der Waals surface area contributed by atoms with Crippen molar-refractivity contribution < 1.29 is 0 Å². The van der Waals surface area contributed by atoms with E-state index in [1.54, 1.807) is 11.3 Å². The molecule has 0 radical (unpaired) electrons. The van der Waals surface area contributed by atoms with Crippen LogP contribution in [-0.4, -0.2) is 0 Å². The second kappa shape index (κ2) is 2.86. The molecule has 60 valence electrons. The summed E-state index contributed by atoms with van der Waals surface area (Å²) < 4.78 is 0. The van der Waals surface area contributed by atoms with Crippen molar-refractivity contribution in [3.63, 3.8) is 0 Å². The van der Waals surface area contributed by atoms with Gasteiger partial charge in [-0.3, -0.25) is 0 Å². The van der Waals surface area contributed by atoms with Crippen molar-refractivity contribution >= 4 is 16.3 Å². The molecule has 1 heterocycles. The summed E-state index contributed by atoms with van der Waals surface area (Å²) in [5.41, 5.74) is 5.66. The van der Waals surface area contributed by atoms with E-state index >= 15 is 0 Å². The standard InChI is InChI=1S/C9H13NS/c10-9-6-5-8(11-9)7-3-1-2-4-7/h5-7H,1-4,10H2. The van der Waals surface area contributed by atoms with E-state index in [2.05, 4.69) is 6.07 Å². The van der Waals surface area contributed by atoms with Gasteiger partial charge in [-0.05, 0) is 30.9 Å². The van der Waals surface area contributed by atoms with Gasteiger partial charge in [0.25, 0.3) is 0 Å². The fraction of sp³-hybridized carbons (Fsp3) is 0.556. The lowest BCUT2D eigenvalue weighted by atomic mass is 10.1. The van der Waals surface area contributed by atoms with Crippen molar-refractivity contribution in [3.8, 4) is 0 Å². The molecule has 2 heteroatoms. The molecule has 0 aliphatic heterocycles. The van der Waals surface area contributed by atoms with Crippen LogP contribution in [0.2, 0.25) is 0 Å². The summed E-state index contributed by atoms with van der Waals surface area (Å²) >= 11 is 1.76. The fourth-order valence-electron chi connectivity index (χ4n) is 1.80. The highest BCUT2D eigenvalue weighted by atomic mass is 32.1. The quantitative estimate of drug-likeness (QED) is 0.683. The molecular formula is C9H13NS. The minimum absolute atomic E-state index is 0.831. The van der Waals surface area contributed by atoms with Gasteiger partial charge in [0.15, 0.2) is 0 Å². The van der Waals surface area contributed by atoms with Gasteiger partial charge in [0.05, 0.1) is 5.00 Å². The van der Waals surface area contributed by atoms with Crippen molar-refractivity contribution in [2.24, 2.45) is 0 Å². The van der Waals surface area contributed by atoms with Crippen LogP contribution in [-0.2, 0) is 0 Å². The zero-order chi connectivity index (χ0) is 7.68. The number of nitrogen functional groups attached to an aromatic ring is 1. The predicted molar refractivity (Wildman–Crippen MR) is 49.9 cm³/mol. The van der Waals surface area contributed by atoms with E-state index in [0.29, 0.717) is 0 Å². The molecule has 1 aromatic heterocycles. The first-order valence-corrected chi connectivity index (χ1v) is 5.03. The van der Waals surface area contributed by atoms with E-state index in [0.717, 1.165) is 10.9 Å². The van der Waals surface area contributed by atoms with Crippen LogP contribution in [0, 0.1) is 0 Å². The molecule has 1 aliphatic rings. The Bertz CT molecular complexity index is 235. The highest BCUT2D eigenvalue weighted by molar-refractivity contribution is 7.15. The monoisotopic (exact) mass is 167 g/mol. The van der Waals surface area contributed by atoms with Crippen LogP contribution in [0.3, 0.4) is 0 Å². The van der Waals surface area contributed by atoms with Crippen molar-refractivity contribution in [2.75, 3.05) is 5.73 Å². The van der Waals surface area contributed by atoms with Crippen molar-refractivity contribution in [1.29, 1.82) is 0 Å². The van der Waals surface area contributed by atoms with Gasteiger partial charge in [0.1, 0.15) is 0 Å². The molecule has 1 nitrogen and oxygen atoms in total. The second-order valence-electron chi connectivity index (χ2n) is 3.22. The first-order chi connectivity index (χ1) is 5.36. The van der Waals surface area contributed by atoms with Gasteiger partial charge < -0.3 is 5.73 Å². The number of anilines is 1. The van der Waals surface area contributed by atoms with Gasteiger partial charge in [0, 0.05) is 4.88 Å². The third-order valence-corrected chi connectivity index (χ3v) is 3.48. The second-order valence-corrected chi connectivity index (χ2v) is 4.37. The van der Waals surface area contributed by atoms with Crippen LogP contribution in [0.4, 0.5) is 5.00 Å². The maximum Gasteiger partial charge on any atom is 0.0859 e. The lowest BCUT2D eigenvalue weighted by molar-refractivity contribution is 0.738. The summed E-state index contributed by atoms with van der Waals surface area (Å²) in [5, 5.41) is 0.965. The van der Waals surface area contributed by atoms with Crippen LogP contribution in [0.25, 0.3) is 0 Å². The summed E-state index contributed by atoms with van der Waals surface area (Å²) in [7, 11) is 0. The minimum atomic E-state index is 0.831. The molecule has 0 saturated heterocycles. The highest BCUT2D eigenvalue weighted by Crippen LogP contribution is 2.38. The average molecular weight is 167 g/mol. The highest BCUT2D eigenvalue weighted by Gasteiger charge is 2.17. The first-order valence-electron chi connectivity index (χ1n) is 4.21. The number of rotatable bonds is 1. The van der Waals surface area contributed by atoms with E-state index in [4.69, 9.17) is 5.73 Å². The molecule has 0 unspecified atom stereocenters. The Morgan fingerprint density at radius 1 is 1.27 bits per heavy atom. The third-order valence-electron chi connectivity index (χ3n) is 2.41. The largest absolute Gasteiger partial charge is 0.391 e. The smallest absolute Gasteiger partial charge is 0.0859 e. The molecule has 1 fully saturated rings. The van der Waals surface area contributed by atoms with Crippen LogP contribution in [0.15, 0.2) is 12.1 Å². The molecule has 0 spiro atoms. The minimum Gasteiger partial charge on any atom is -0.391 e. The van der Waals surface area contributed by atoms with Gasteiger partial charge in [-0.1, -0.05) is 12.8 Å². The normalized spacial score (nSPS) is 19.3. The van der Waals surface area contributed by atoms with E-state index < -0.39 is 0 Å². The third kappa shape index (κ3) is 1.41. The summed E-state index contributed by atoms with van der Waals surface area (Å²) in [4.78, 5) is 1.50. The molecule has 1 saturated carbocycles. The molecule has 1 aliphatic carbocycles. The molecule has 1 aromatic rings. The van der Waals surface area contributed by atoms with Crippen LogP contribution >= 0.6 is 11.3 Å². The zero-order valence-corrected chi connectivity index (χ0v) is 7.36. The summed E-state index contributed by atoms with van der Waals surface area (Å²) in [6.45, 7) is 0. The van der Waals surface area contributed by atoms with E-state index in [9.17, 15) is 0 Å². The van der Waals surface area contributed by atoms with Gasteiger partial charge in [-0.15, -0.1) is 11.3 Å². The van der Waals surface area contributed by atoms with Crippen molar-refractivity contribution in [3.05, 3.63) is 17.0 Å². The number of hydrogen-bond donors (Lipinski definition) is 1. The van der Waals surface area contributed by atoms with Crippen molar-refractivity contribution in [2.45, 2.75) is 31.6 Å². The number of thiophene rings is 1. The van der Waals surface area contributed by atoms with E-state index in [-0.39, 0.29) is 0 Å².